The number of carbonyl (C=O) groups is 1. The molecule has 1 fully saturated rings. The SMILES string of the molecule is CC(C)(C)OC(=O)N1CCCCC1CNCC1CCC=CO1. The van der Waals surface area contributed by atoms with Crippen molar-refractivity contribution in [2.75, 3.05) is 19.6 Å². The number of hydrogen-bond donors (Lipinski definition) is 1. The third kappa shape index (κ3) is 5.52. The highest BCUT2D eigenvalue weighted by molar-refractivity contribution is 5.68. The zero-order chi connectivity index (χ0) is 16.0. The van der Waals surface area contributed by atoms with Crippen LogP contribution in [0.15, 0.2) is 12.3 Å². The first-order valence-electron chi connectivity index (χ1n) is 8.46. The Morgan fingerprint density at radius 1 is 1.32 bits per heavy atom. The van der Waals surface area contributed by atoms with Gasteiger partial charge in [0.25, 0.3) is 0 Å². The van der Waals surface area contributed by atoms with Crippen molar-refractivity contribution in [2.45, 2.75) is 70.6 Å². The van der Waals surface area contributed by atoms with Crippen molar-refractivity contribution >= 4 is 6.09 Å². The van der Waals surface area contributed by atoms with Crippen LogP contribution in [0.4, 0.5) is 4.79 Å². The molecule has 1 saturated heterocycles. The number of nitrogens with one attached hydrogen (secondary N) is 1. The number of nitrogens with zero attached hydrogens (tertiary/aromatic N) is 1. The molecule has 5 heteroatoms. The highest BCUT2D eigenvalue weighted by Crippen LogP contribution is 2.20. The molecular weight excluding hydrogens is 280 g/mol. The van der Waals surface area contributed by atoms with Crippen LogP contribution in [-0.4, -0.2) is 48.4 Å². The van der Waals surface area contributed by atoms with E-state index < -0.39 is 5.60 Å². The molecule has 126 valence electrons. The van der Waals surface area contributed by atoms with Gasteiger partial charge in [0.05, 0.1) is 6.26 Å². The number of rotatable bonds is 4. The predicted octanol–water partition coefficient (Wildman–Crippen LogP) is 3.06. The summed E-state index contributed by atoms with van der Waals surface area (Å²) in [6.45, 7) is 8.18. The molecule has 0 spiro atoms. The van der Waals surface area contributed by atoms with Gasteiger partial charge in [0.15, 0.2) is 0 Å². The van der Waals surface area contributed by atoms with Gasteiger partial charge in [0.1, 0.15) is 11.7 Å². The van der Waals surface area contributed by atoms with Gasteiger partial charge >= 0.3 is 6.09 Å². The van der Waals surface area contributed by atoms with Gasteiger partial charge in [0, 0.05) is 25.7 Å². The molecule has 1 N–H and O–H groups in total. The van der Waals surface area contributed by atoms with Crippen molar-refractivity contribution < 1.29 is 14.3 Å². The molecule has 0 aromatic heterocycles. The summed E-state index contributed by atoms with van der Waals surface area (Å²) in [5, 5.41) is 3.46. The van der Waals surface area contributed by atoms with Gasteiger partial charge in [-0.2, -0.15) is 0 Å². The van der Waals surface area contributed by atoms with Crippen LogP contribution in [0.25, 0.3) is 0 Å². The molecule has 0 aromatic carbocycles. The lowest BCUT2D eigenvalue weighted by Crippen LogP contribution is -2.50. The monoisotopic (exact) mass is 310 g/mol. The van der Waals surface area contributed by atoms with Crippen molar-refractivity contribution in [1.82, 2.24) is 10.2 Å². The molecular formula is C17H30N2O3. The van der Waals surface area contributed by atoms with Gasteiger partial charge in [0.2, 0.25) is 0 Å². The third-order valence-electron chi connectivity index (χ3n) is 4.03. The minimum atomic E-state index is -0.436. The molecule has 2 heterocycles. The second-order valence-electron chi connectivity index (χ2n) is 7.19. The highest BCUT2D eigenvalue weighted by Gasteiger charge is 2.30. The zero-order valence-corrected chi connectivity index (χ0v) is 14.1. The summed E-state index contributed by atoms with van der Waals surface area (Å²) < 4.78 is 11.1. The van der Waals surface area contributed by atoms with E-state index in [4.69, 9.17) is 9.47 Å². The largest absolute Gasteiger partial charge is 0.497 e. The quantitative estimate of drug-likeness (QED) is 0.867. The molecule has 5 nitrogen and oxygen atoms in total. The Morgan fingerprint density at radius 2 is 2.14 bits per heavy atom. The van der Waals surface area contributed by atoms with Crippen LogP contribution in [0.5, 0.6) is 0 Å². The maximum Gasteiger partial charge on any atom is 0.410 e. The number of amides is 1. The average Bonchev–Trinajstić information content (AvgIpc) is 2.47. The van der Waals surface area contributed by atoms with Crippen molar-refractivity contribution in [2.24, 2.45) is 0 Å². The highest BCUT2D eigenvalue weighted by atomic mass is 16.6. The smallest absolute Gasteiger partial charge is 0.410 e. The maximum absolute atomic E-state index is 12.3. The molecule has 0 saturated carbocycles. The first kappa shape index (κ1) is 17.1. The Hall–Kier alpha value is -1.23. The first-order valence-corrected chi connectivity index (χ1v) is 8.46. The maximum atomic E-state index is 12.3. The number of carbonyl (C=O) groups excluding carboxylic acids is 1. The molecule has 0 aromatic rings. The van der Waals surface area contributed by atoms with E-state index in [0.717, 1.165) is 45.3 Å². The van der Waals surface area contributed by atoms with Crippen molar-refractivity contribution in [3.63, 3.8) is 0 Å². The fourth-order valence-electron chi connectivity index (χ4n) is 2.92. The third-order valence-corrected chi connectivity index (χ3v) is 4.03. The van der Waals surface area contributed by atoms with Crippen LogP contribution < -0.4 is 5.32 Å². The van der Waals surface area contributed by atoms with E-state index in [-0.39, 0.29) is 18.2 Å². The van der Waals surface area contributed by atoms with E-state index in [1.807, 2.05) is 25.7 Å². The van der Waals surface area contributed by atoms with Gasteiger partial charge in [-0.25, -0.2) is 4.79 Å². The summed E-state index contributed by atoms with van der Waals surface area (Å²) in [7, 11) is 0. The van der Waals surface area contributed by atoms with Crippen molar-refractivity contribution in [3.05, 3.63) is 12.3 Å². The Bertz CT molecular complexity index is 390. The molecule has 2 aliphatic heterocycles. The topological polar surface area (TPSA) is 50.8 Å². The van der Waals surface area contributed by atoms with Gasteiger partial charge in [-0.05, 0) is 59.0 Å². The van der Waals surface area contributed by atoms with Gasteiger partial charge in [-0.3, -0.25) is 0 Å². The van der Waals surface area contributed by atoms with Gasteiger partial charge in [-0.15, -0.1) is 0 Å². The molecule has 2 atom stereocenters. The van der Waals surface area contributed by atoms with E-state index >= 15 is 0 Å². The molecule has 2 aliphatic rings. The van der Waals surface area contributed by atoms with E-state index in [1.54, 1.807) is 6.26 Å². The van der Waals surface area contributed by atoms with E-state index in [1.165, 1.54) is 6.42 Å². The number of allylic oxidation sites excluding steroid dienone is 1. The summed E-state index contributed by atoms with van der Waals surface area (Å²) in [5.41, 5.74) is -0.436. The Kier molecular flexibility index (Phi) is 6.12. The van der Waals surface area contributed by atoms with Gasteiger partial charge in [-0.1, -0.05) is 0 Å². The molecule has 22 heavy (non-hydrogen) atoms. The van der Waals surface area contributed by atoms with Gasteiger partial charge < -0.3 is 19.7 Å². The van der Waals surface area contributed by atoms with E-state index in [0.29, 0.717) is 0 Å². The lowest BCUT2D eigenvalue weighted by Gasteiger charge is -2.37. The second-order valence-corrected chi connectivity index (χ2v) is 7.19. The second kappa shape index (κ2) is 7.86. The normalized spacial score (nSPS) is 25.7. The van der Waals surface area contributed by atoms with Crippen LogP contribution in [0, 0.1) is 0 Å². The van der Waals surface area contributed by atoms with Crippen LogP contribution >= 0.6 is 0 Å². The lowest BCUT2D eigenvalue weighted by atomic mass is 10.0. The standard InChI is InChI=1S/C17H30N2O3/c1-17(2,3)22-16(20)19-10-6-4-8-14(19)12-18-13-15-9-5-7-11-21-15/h7,11,14-15,18H,4-6,8-10,12-13H2,1-3H3. The molecule has 0 radical (unpaired) electrons. The summed E-state index contributed by atoms with van der Waals surface area (Å²) in [6.07, 6.45) is 9.34. The Labute approximate surface area is 134 Å². The van der Waals surface area contributed by atoms with E-state index in [9.17, 15) is 4.79 Å². The minimum Gasteiger partial charge on any atom is -0.497 e. The molecule has 2 unspecified atom stereocenters. The summed E-state index contributed by atoms with van der Waals surface area (Å²) in [5.74, 6) is 0. The zero-order valence-electron chi connectivity index (χ0n) is 14.1. The minimum absolute atomic E-state index is 0.184. The summed E-state index contributed by atoms with van der Waals surface area (Å²) >= 11 is 0. The van der Waals surface area contributed by atoms with Crippen LogP contribution in [0.1, 0.15) is 52.9 Å². The number of hydrogen-bond acceptors (Lipinski definition) is 4. The summed E-state index contributed by atoms with van der Waals surface area (Å²) in [6, 6.07) is 0.225. The van der Waals surface area contributed by atoms with Crippen molar-refractivity contribution in [3.8, 4) is 0 Å². The fraction of sp³-hybridized carbons (Fsp3) is 0.824. The Morgan fingerprint density at radius 3 is 2.82 bits per heavy atom. The van der Waals surface area contributed by atoms with E-state index in [2.05, 4.69) is 11.4 Å². The van der Waals surface area contributed by atoms with Crippen LogP contribution in [0.2, 0.25) is 0 Å². The van der Waals surface area contributed by atoms with Crippen LogP contribution in [-0.2, 0) is 9.47 Å². The average molecular weight is 310 g/mol. The van der Waals surface area contributed by atoms with Crippen molar-refractivity contribution in [1.29, 1.82) is 0 Å². The number of piperidine rings is 1. The van der Waals surface area contributed by atoms with Crippen LogP contribution in [0.3, 0.4) is 0 Å². The molecule has 2 rings (SSSR count). The molecule has 0 aliphatic carbocycles. The molecule has 1 amide bonds. The number of ether oxygens (including phenoxy) is 2. The first-order chi connectivity index (χ1) is 10.5. The predicted molar refractivity (Wildman–Crippen MR) is 86.7 cm³/mol. The molecule has 0 bridgehead atoms. The summed E-state index contributed by atoms with van der Waals surface area (Å²) in [4.78, 5) is 14.2. The number of likely N-dealkylation sites (tertiary alicyclic amines) is 1. The fourth-order valence-corrected chi connectivity index (χ4v) is 2.92. The lowest BCUT2D eigenvalue weighted by molar-refractivity contribution is 0.00956. The Balaban J connectivity index is 1.79.